The van der Waals surface area contributed by atoms with E-state index in [0.29, 0.717) is 0 Å². The van der Waals surface area contributed by atoms with E-state index < -0.39 is 0 Å². The van der Waals surface area contributed by atoms with Gasteiger partial charge in [0.1, 0.15) is 5.01 Å². The van der Waals surface area contributed by atoms with Crippen molar-refractivity contribution in [3.63, 3.8) is 0 Å². The van der Waals surface area contributed by atoms with Crippen molar-refractivity contribution in [2.45, 2.75) is 6.92 Å². The number of thiazole rings is 1. The first kappa shape index (κ1) is 11.9. The Morgan fingerprint density at radius 2 is 1.84 bits per heavy atom. The molecule has 1 N–H and O–H groups in total. The molecule has 2 aromatic carbocycles. The fraction of sp³-hybridized carbons (Fsp3) is 0.0625. The highest BCUT2D eigenvalue weighted by atomic mass is 32.1. The summed E-state index contributed by atoms with van der Waals surface area (Å²) in [5.74, 6) is 0. The second-order valence-electron chi connectivity index (χ2n) is 4.31. The minimum Gasteiger partial charge on any atom is -0.361 e. The van der Waals surface area contributed by atoms with E-state index in [-0.39, 0.29) is 0 Å². The maximum absolute atomic E-state index is 4.56. The highest BCUT2D eigenvalue weighted by Gasteiger charge is 1.99. The zero-order chi connectivity index (χ0) is 13.1. The molecule has 0 aliphatic heterocycles. The fourth-order valence-corrected chi connectivity index (χ4v) is 2.77. The van der Waals surface area contributed by atoms with Crippen molar-refractivity contribution in [2.24, 2.45) is 0 Å². The minimum atomic E-state index is 1.02. The predicted octanol–water partition coefficient (Wildman–Crippen LogP) is 4.69. The smallest absolute Gasteiger partial charge is 0.118 e. The Morgan fingerprint density at radius 3 is 2.68 bits per heavy atom. The summed E-state index contributed by atoms with van der Waals surface area (Å²) in [6, 6.07) is 16.4. The molecular formula is C16H14N2S. The summed E-state index contributed by atoms with van der Waals surface area (Å²) < 4.78 is 1.22. The third kappa shape index (κ3) is 2.66. The molecule has 3 aromatic rings. The Morgan fingerprint density at radius 1 is 1.05 bits per heavy atom. The van der Waals surface area contributed by atoms with Gasteiger partial charge in [-0.25, -0.2) is 4.98 Å². The monoisotopic (exact) mass is 266 g/mol. The maximum Gasteiger partial charge on any atom is 0.118 e. The largest absolute Gasteiger partial charge is 0.361 e. The number of aromatic nitrogens is 1. The van der Waals surface area contributed by atoms with Crippen LogP contribution in [0.15, 0.2) is 54.7 Å². The number of hydrogen-bond acceptors (Lipinski definition) is 3. The van der Waals surface area contributed by atoms with E-state index in [0.717, 1.165) is 16.2 Å². The highest BCUT2D eigenvalue weighted by Crippen LogP contribution is 2.22. The van der Waals surface area contributed by atoms with E-state index in [1.807, 2.05) is 42.6 Å². The summed E-state index contributed by atoms with van der Waals surface area (Å²) >= 11 is 1.70. The third-order valence-corrected chi connectivity index (χ3v) is 3.92. The van der Waals surface area contributed by atoms with Gasteiger partial charge in [0, 0.05) is 11.9 Å². The van der Waals surface area contributed by atoms with Crippen LogP contribution >= 0.6 is 11.3 Å². The number of aryl methyl sites for hydroxylation is 1. The first-order valence-electron chi connectivity index (χ1n) is 6.17. The first-order valence-corrected chi connectivity index (χ1v) is 6.99. The van der Waals surface area contributed by atoms with Gasteiger partial charge in [0.2, 0.25) is 0 Å². The number of hydrogen-bond donors (Lipinski definition) is 1. The molecule has 94 valence electrons. The number of para-hydroxylation sites is 2. The van der Waals surface area contributed by atoms with Crippen LogP contribution in [0, 0.1) is 6.92 Å². The molecule has 0 unspecified atom stereocenters. The Labute approximate surface area is 116 Å². The van der Waals surface area contributed by atoms with Crippen LogP contribution in [0.4, 0.5) is 5.69 Å². The SMILES string of the molecule is Cc1ccccc1NC=Cc1nc2ccccc2s1. The molecule has 0 bridgehead atoms. The summed E-state index contributed by atoms with van der Waals surface area (Å²) in [5.41, 5.74) is 3.42. The molecule has 3 rings (SSSR count). The van der Waals surface area contributed by atoms with Gasteiger partial charge in [0.15, 0.2) is 0 Å². The third-order valence-electron chi connectivity index (χ3n) is 2.92. The van der Waals surface area contributed by atoms with Gasteiger partial charge < -0.3 is 5.32 Å². The fourth-order valence-electron chi connectivity index (χ4n) is 1.90. The average Bonchev–Trinajstić information content (AvgIpc) is 2.83. The Bertz CT molecular complexity index is 695. The lowest BCUT2D eigenvalue weighted by Gasteiger charge is -2.03. The van der Waals surface area contributed by atoms with E-state index in [2.05, 4.69) is 35.4 Å². The maximum atomic E-state index is 4.56. The van der Waals surface area contributed by atoms with Gasteiger partial charge in [-0.3, -0.25) is 0 Å². The van der Waals surface area contributed by atoms with E-state index in [1.165, 1.54) is 10.3 Å². The molecule has 0 saturated carbocycles. The summed E-state index contributed by atoms with van der Waals surface area (Å²) in [7, 11) is 0. The number of rotatable bonds is 3. The average molecular weight is 266 g/mol. The van der Waals surface area contributed by atoms with Gasteiger partial charge in [0.25, 0.3) is 0 Å². The van der Waals surface area contributed by atoms with Gasteiger partial charge in [-0.1, -0.05) is 30.3 Å². The second-order valence-corrected chi connectivity index (χ2v) is 5.37. The highest BCUT2D eigenvalue weighted by molar-refractivity contribution is 7.19. The van der Waals surface area contributed by atoms with Crippen LogP contribution in [0.25, 0.3) is 16.3 Å². The van der Waals surface area contributed by atoms with Gasteiger partial charge in [0.05, 0.1) is 10.2 Å². The van der Waals surface area contributed by atoms with Gasteiger partial charge in [-0.15, -0.1) is 11.3 Å². The molecule has 1 heterocycles. The molecule has 0 fully saturated rings. The van der Waals surface area contributed by atoms with Crippen molar-refractivity contribution >= 4 is 33.3 Å². The Kier molecular flexibility index (Phi) is 3.29. The molecule has 2 nitrogen and oxygen atoms in total. The first-order chi connectivity index (χ1) is 9.33. The molecule has 19 heavy (non-hydrogen) atoms. The van der Waals surface area contributed by atoms with Gasteiger partial charge in [-0.05, 0) is 36.8 Å². The van der Waals surface area contributed by atoms with Crippen molar-refractivity contribution in [3.05, 3.63) is 65.3 Å². The van der Waals surface area contributed by atoms with E-state index in [4.69, 9.17) is 0 Å². The van der Waals surface area contributed by atoms with Crippen molar-refractivity contribution in [1.82, 2.24) is 4.98 Å². The van der Waals surface area contributed by atoms with Crippen LogP contribution in [0.2, 0.25) is 0 Å². The van der Waals surface area contributed by atoms with Crippen LogP contribution in [0.1, 0.15) is 10.6 Å². The molecule has 0 aliphatic carbocycles. The number of nitrogens with one attached hydrogen (secondary N) is 1. The molecule has 0 amide bonds. The van der Waals surface area contributed by atoms with Crippen molar-refractivity contribution in [2.75, 3.05) is 5.32 Å². The molecule has 0 saturated heterocycles. The molecular weight excluding hydrogens is 252 g/mol. The number of benzene rings is 2. The topological polar surface area (TPSA) is 24.9 Å². The van der Waals surface area contributed by atoms with E-state index >= 15 is 0 Å². The molecule has 0 aliphatic rings. The summed E-state index contributed by atoms with van der Waals surface area (Å²) in [6.45, 7) is 2.09. The summed E-state index contributed by atoms with van der Waals surface area (Å²) in [4.78, 5) is 4.56. The summed E-state index contributed by atoms with van der Waals surface area (Å²) in [6.07, 6.45) is 3.96. The Balaban J connectivity index is 1.78. The molecule has 0 radical (unpaired) electrons. The van der Waals surface area contributed by atoms with Gasteiger partial charge >= 0.3 is 0 Å². The zero-order valence-electron chi connectivity index (χ0n) is 10.6. The van der Waals surface area contributed by atoms with Crippen LogP contribution in [0.5, 0.6) is 0 Å². The van der Waals surface area contributed by atoms with E-state index in [9.17, 15) is 0 Å². The predicted molar refractivity (Wildman–Crippen MR) is 83.5 cm³/mol. The molecule has 0 spiro atoms. The molecule has 1 aromatic heterocycles. The van der Waals surface area contributed by atoms with E-state index in [1.54, 1.807) is 11.3 Å². The summed E-state index contributed by atoms with van der Waals surface area (Å²) in [5, 5.41) is 4.31. The van der Waals surface area contributed by atoms with Crippen LogP contribution in [-0.4, -0.2) is 4.98 Å². The zero-order valence-corrected chi connectivity index (χ0v) is 11.4. The van der Waals surface area contributed by atoms with Crippen molar-refractivity contribution in [3.8, 4) is 0 Å². The quantitative estimate of drug-likeness (QED) is 0.744. The molecule has 0 atom stereocenters. The lowest BCUT2D eigenvalue weighted by atomic mass is 10.2. The lowest BCUT2D eigenvalue weighted by molar-refractivity contribution is 1.43. The molecule has 3 heteroatoms. The van der Waals surface area contributed by atoms with Crippen LogP contribution in [0.3, 0.4) is 0 Å². The van der Waals surface area contributed by atoms with Crippen molar-refractivity contribution in [1.29, 1.82) is 0 Å². The van der Waals surface area contributed by atoms with Crippen molar-refractivity contribution < 1.29 is 0 Å². The number of nitrogens with zero attached hydrogens (tertiary/aromatic N) is 1. The standard InChI is InChI=1S/C16H14N2S/c1-12-6-2-3-7-13(12)17-11-10-16-18-14-8-4-5-9-15(14)19-16/h2-11,17H,1H3. The Hall–Kier alpha value is -2.13. The van der Waals surface area contributed by atoms with Gasteiger partial charge in [-0.2, -0.15) is 0 Å². The van der Waals surface area contributed by atoms with Crippen LogP contribution < -0.4 is 5.32 Å². The number of fused-ring (bicyclic) bond motifs is 1. The second kappa shape index (κ2) is 5.24. The lowest BCUT2D eigenvalue weighted by Crippen LogP contribution is -1.89. The number of anilines is 1. The van der Waals surface area contributed by atoms with Crippen LogP contribution in [-0.2, 0) is 0 Å². The normalized spacial score (nSPS) is 11.2. The minimum absolute atomic E-state index is 1.02.